The maximum absolute atomic E-state index is 5.72. The lowest BCUT2D eigenvalue weighted by Crippen LogP contribution is -2.23. The molecule has 1 atom stereocenters. The second-order valence-electron chi connectivity index (χ2n) is 7.03. The molecule has 3 heterocycles. The number of fused-ring (bicyclic) bond motifs is 1. The second-order valence-corrected chi connectivity index (χ2v) is 7.91. The predicted molar refractivity (Wildman–Crippen MR) is 116 cm³/mol. The van der Waals surface area contributed by atoms with Gasteiger partial charge in [-0.2, -0.15) is 10.2 Å². The molecular formula is C21H24N6OS. The number of para-hydroxylation sites is 1. The van der Waals surface area contributed by atoms with Crippen molar-refractivity contribution in [1.82, 2.24) is 24.5 Å². The van der Waals surface area contributed by atoms with E-state index in [2.05, 4.69) is 39.8 Å². The largest absolute Gasteiger partial charge is 0.374 e. The van der Waals surface area contributed by atoms with Gasteiger partial charge in [0.1, 0.15) is 0 Å². The fourth-order valence-electron chi connectivity index (χ4n) is 3.25. The first-order valence-corrected chi connectivity index (χ1v) is 10.3. The van der Waals surface area contributed by atoms with Gasteiger partial charge in [0.2, 0.25) is 0 Å². The molecule has 0 bridgehead atoms. The standard InChI is InChI=1S/C21H24N6OS/c1-5-21(2,28-4)16-9-10-22-19(11-16)27-14-17(13-24-27)29-25-18-8-6-7-15-12-23-26(3)20(15)18/h6-14,25H,5H2,1-4H3. The van der Waals surface area contributed by atoms with Crippen LogP contribution >= 0.6 is 11.9 Å². The average Bonchev–Trinajstić information content (AvgIpc) is 3.39. The molecule has 0 amide bonds. The van der Waals surface area contributed by atoms with Crippen molar-refractivity contribution in [2.75, 3.05) is 11.8 Å². The van der Waals surface area contributed by atoms with Gasteiger partial charge >= 0.3 is 0 Å². The molecule has 0 aliphatic carbocycles. The van der Waals surface area contributed by atoms with Gasteiger partial charge in [-0.1, -0.05) is 19.1 Å². The molecule has 4 rings (SSSR count). The molecule has 0 radical (unpaired) electrons. The van der Waals surface area contributed by atoms with E-state index in [-0.39, 0.29) is 5.60 Å². The monoisotopic (exact) mass is 408 g/mol. The number of aryl methyl sites for hydroxylation is 1. The van der Waals surface area contributed by atoms with Gasteiger partial charge in [-0.3, -0.25) is 4.68 Å². The van der Waals surface area contributed by atoms with E-state index in [4.69, 9.17) is 4.74 Å². The van der Waals surface area contributed by atoms with Crippen molar-refractivity contribution in [3.8, 4) is 5.82 Å². The third kappa shape index (κ3) is 3.73. The Bertz CT molecular complexity index is 1130. The lowest BCUT2D eigenvalue weighted by Gasteiger charge is -2.27. The van der Waals surface area contributed by atoms with Gasteiger partial charge in [0.25, 0.3) is 0 Å². The zero-order valence-electron chi connectivity index (χ0n) is 17.0. The lowest BCUT2D eigenvalue weighted by atomic mass is 9.94. The van der Waals surface area contributed by atoms with Crippen LogP contribution in [-0.4, -0.2) is 31.7 Å². The maximum Gasteiger partial charge on any atom is 0.153 e. The molecule has 0 spiro atoms. The van der Waals surface area contributed by atoms with E-state index in [1.54, 1.807) is 18.0 Å². The summed E-state index contributed by atoms with van der Waals surface area (Å²) in [6.45, 7) is 4.19. The minimum Gasteiger partial charge on any atom is -0.374 e. The zero-order chi connectivity index (χ0) is 20.4. The molecule has 1 N–H and O–H groups in total. The van der Waals surface area contributed by atoms with Crippen LogP contribution in [-0.2, 0) is 17.4 Å². The lowest BCUT2D eigenvalue weighted by molar-refractivity contribution is -0.00147. The van der Waals surface area contributed by atoms with E-state index in [1.807, 2.05) is 54.6 Å². The molecule has 0 saturated carbocycles. The van der Waals surface area contributed by atoms with E-state index < -0.39 is 0 Å². The molecule has 4 aromatic rings. The van der Waals surface area contributed by atoms with Crippen molar-refractivity contribution in [2.45, 2.75) is 30.8 Å². The number of aromatic nitrogens is 5. The van der Waals surface area contributed by atoms with E-state index in [0.29, 0.717) is 0 Å². The van der Waals surface area contributed by atoms with Gasteiger partial charge in [-0.05, 0) is 49.1 Å². The number of hydrogen-bond acceptors (Lipinski definition) is 6. The van der Waals surface area contributed by atoms with E-state index in [1.165, 1.54) is 11.9 Å². The molecule has 1 unspecified atom stereocenters. The van der Waals surface area contributed by atoms with Gasteiger partial charge < -0.3 is 9.46 Å². The van der Waals surface area contributed by atoms with Crippen molar-refractivity contribution in [3.63, 3.8) is 0 Å². The van der Waals surface area contributed by atoms with Crippen molar-refractivity contribution in [1.29, 1.82) is 0 Å². The highest BCUT2D eigenvalue weighted by molar-refractivity contribution is 8.00. The molecule has 29 heavy (non-hydrogen) atoms. The number of rotatable bonds is 7. The third-order valence-electron chi connectivity index (χ3n) is 5.31. The van der Waals surface area contributed by atoms with E-state index in [9.17, 15) is 0 Å². The molecule has 3 aromatic heterocycles. The number of pyridine rings is 1. The van der Waals surface area contributed by atoms with Gasteiger partial charge in [0.05, 0.1) is 34.1 Å². The summed E-state index contributed by atoms with van der Waals surface area (Å²) in [5.74, 6) is 0.764. The highest BCUT2D eigenvalue weighted by Gasteiger charge is 2.24. The summed E-state index contributed by atoms with van der Waals surface area (Å²) in [7, 11) is 3.68. The maximum atomic E-state index is 5.72. The van der Waals surface area contributed by atoms with Crippen LogP contribution in [0.5, 0.6) is 0 Å². The fourth-order valence-corrected chi connectivity index (χ4v) is 3.90. The molecular weight excluding hydrogens is 384 g/mol. The minimum absolute atomic E-state index is 0.342. The Morgan fingerprint density at radius 1 is 1.21 bits per heavy atom. The third-order valence-corrected chi connectivity index (χ3v) is 6.08. The number of nitrogens with one attached hydrogen (secondary N) is 1. The molecule has 8 heteroatoms. The number of methoxy groups -OCH3 is 1. The molecule has 1 aromatic carbocycles. The highest BCUT2D eigenvalue weighted by Crippen LogP contribution is 2.30. The summed E-state index contributed by atoms with van der Waals surface area (Å²) >= 11 is 1.51. The number of hydrogen-bond donors (Lipinski definition) is 1. The van der Waals surface area contributed by atoms with Crippen LogP contribution in [0.15, 0.2) is 60.0 Å². The van der Waals surface area contributed by atoms with Crippen molar-refractivity contribution < 1.29 is 4.74 Å². The van der Waals surface area contributed by atoms with Crippen molar-refractivity contribution in [3.05, 3.63) is 60.7 Å². The van der Waals surface area contributed by atoms with Crippen LogP contribution in [0.4, 0.5) is 5.69 Å². The summed E-state index contributed by atoms with van der Waals surface area (Å²) in [4.78, 5) is 5.46. The van der Waals surface area contributed by atoms with Crippen molar-refractivity contribution >= 4 is 28.5 Å². The highest BCUT2D eigenvalue weighted by atomic mass is 32.2. The van der Waals surface area contributed by atoms with Crippen LogP contribution in [0.25, 0.3) is 16.7 Å². The van der Waals surface area contributed by atoms with Crippen LogP contribution in [0, 0.1) is 0 Å². The zero-order valence-corrected chi connectivity index (χ0v) is 17.8. The molecule has 0 fully saturated rings. The summed E-state index contributed by atoms with van der Waals surface area (Å²) in [5.41, 5.74) is 2.82. The van der Waals surface area contributed by atoms with Gasteiger partial charge in [-0.15, -0.1) is 0 Å². The summed E-state index contributed by atoms with van der Waals surface area (Å²) in [6.07, 6.45) is 8.32. The summed E-state index contributed by atoms with van der Waals surface area (Å²) < 4.78 is 12.8. The Balaban J connectivity index is 1.54. The Hall–Kier alpha value is -2.84. The summed E-state index contributed by atoms with van der Waals surface area (Å²) in [6, 6.07) is 10.1. The van der Waals surface area contributed by atoms with Crippen molar-refractivity contribution in [2.24, 2.45) is 7.05 Å². The van der Waals surface area contributed by atoms with Gasteiger partial charge in [-0.25, -0.2) is 9.67 Å². The first-order chi connectivity index (χ1) is 14.0. The Labute approximate surface area is 174 Å². The fraction of sp³-hybridized carbons (Fsp3) is 0.286. The Morgan fingerprint density at radius 3 is 2.86 bits per heavy atom. The Kier molecular flexibility index (Phi) is 5.29. The quantitative estimate of drug-likeness (QED) is 0.453. The number of anilines is 1. The second kappa shape index (κ2) is 7.88. The minimum atomic E-state index is -0.342. The van der Waals surface area contributed by atoms with Crippen LogP contribution in [0.3, 0.4) is 0 Å². The molecule has 0 aliphatic heterocycles. The number of benzene rings is 1. The van der Waals surface area contributed by atoms with Crippen LogP contribution in [0.1, 0.15) is 25.8 Å². The first-order valence-electron chi connectivity index (χ1n) is 9.44. The van der Waals surface area contributed by atoms with E-state index >= 15 is 0 Å². The van der Waals surface area contributed by atoms with Crippen LogP contribution < -0.4 is 4.72 Å². The molecule has 150 valence electrons. The SMILES string of the molecule is CCC(C)(OC)c1ccnc(-n2cc(SNc3cccc4cnn(C)c34)cn2)c1. The summed E-state index contributed by atoms with van der Waals surface area (Å²) in [5, 5.41) is 9.91. The molecule has 0 saturated heterocycles. The number of ether oxygens (including phenoxy) is 1. The van der Waals surface area contributed by atoms with Gasteiger partial charge in [0, 0.05) is 31.9 Å². The predicted octanol–water partition coefficient (Wildman–Crippen LogP) is 4.54. The smallest absolute Gasteiger partial charge is 0.153 e. The molecule has 0 aliphatic rings. The normalized spacial score (nSPS) is 13.5. The first kappa shape index (κ1) is 19.5. The average molecular weight is 409 g/mol. The van der Waals surface area contributed by atoms with Gasteiger partial charge in [0.15, 0.2) is 5.82 Å². The molecule has 7 nitrogen and oxygen atoms in total. The number of nitrogens with zero attached hydrogens (tertiary/aromatic N) is 5. The Morgan fingerprint density at radius 2 is 2.07 bits per heavy atom. The van der Waals surface area contributed by atoms with E-state index in [0.717, 1.165) is 39.3 Å². The topological polar surface area (TPSA) is 69.8 Å². The van der Waals surface area contributed by atoms with Crippen LogP contribution in [0.2, 0.25) is 0 Å².